The van der Waals surface area contributed by atoms with Crippen LogP contribution >= 0.6 is 0 Å². The molecule has 0 bridgehead atoms. The molecule has 1 aliphatic carbocycles. The number of carbonyl (C=O) groups is 1. The summed E-state index contributed by atoms with van der Waals surface area (Å²) in [6.45, 7) is 3.66. The zero-order valence-corrected chi connectivity index (χ0v) is 13.4. The predicted molar refractivity (Wildman–Crippen MR) is 81.4 cm³/mol. The van der Waals surface area contributed by atoms with Crippen molar-refractivity contribution >= 4 is 5.91 Å². The highest BCUT2D eigenvalue weighted by Gasteiger charge is 2.42. The molecule has 128 valence electrons. The minimum atomic E-state index is -4.18. The Balaban J connectivity index is 1.84. The third-order valence-electron chi connectivity index (χ3n) is 4.42. The van der Waals surface area contributed by atoms with Crippen molar-refractivity contribution < 1.29 is 22.7 Å². The van der Waals surface area contributed by atoms with E-state index in [1.807, 2.05) is 26.0 Å². The minimum Gasteiger partial charge on any atom is -0.483 e. The van der Waals surface area contributed by atoms with Crippen LogP contribution in [0.4, 0.5) is 13.2 Å². The van der Waals surface area contributed by atoms with Gasteiger partial charge < -0.3 is 10.1 Å². The fourth-order valence-corrected chi connectivity index (χ4v) is 2.91. The SMILES string of the molecule is Cc1cccc(OCC(=O)N[C@H]2CCC[C@H](C(F)(F)F)C2)c1C. The van der Waals surface area contributed by atoms with Crippen molar-refractivity contribution in [3.8, 4) is 5.75 Å². The van der Waals surface area contributed by atoms with Gasteiger partial charge in [0.1, 0.15) is 5.75 Å². The van der Waals surface area contributed by atoms with Crippen LogP contribution in [0.3, 0.4) is 0 Å². The Morgan fingerprint density at radius 2 is 2.04 bits per heavy atom. The molecule has 0 spiro atoms. The molecule has 1 fully saturated rings. The largest absolute Gasteiger partial charge is 0.483 e. The topological polar surface area (TPSA) is 38.3 Å². The molecule has 0 unspecified atom stereocenters. The van der Waals surface area contributed by atoms with Gasteiger partial charge >= 0.3 is 6.18 Å². The number of aryl methyl sites for hydroxylation is 1. The second-order valence-corrected chi connectivity index (χ2v) is 6.16. The van der Waals surface area contributed by atoms with Crippen molar-refractivity contribution in [1.29, 1.82) is 0 Å². The lowest BCUT2D eigenvalue weighted by atomic mass is 9.85. The molecule has 0 aromatic heterocycles. The van der Waals surface area contributed by atoms with E-state index >= 15 is 0 Å². The van der Waals surface area contributed by atoms with E-state index in [1.54, 1.807) is 6.07 Å². The average molecular weight is 329 g/mol. The summed E-state index contributed by atoms with van der Waals surface area (Å²) in [5.41, 5.74) is 2.01. The van der Waals surface area contributed by atoms with Gasteiger partial charge in [0.05, 0.1) is 5.92 Å². The first-order valence-electron chi connectivity index (χ1n) is 7.82. The highest BCUT2D eigenvalue weighted by molar-refractivity contribution is 5.77. The van der Waals surface area contributed by atoms with Crippen LogP contribution < -0.4 is 10.1 Å². The van der Waals surface area contributed by atoms with Gasteiger partial charge in [0, 0.05) is 6.04 Å². The molecule has 3 nitrogen and oxygen atoms in total. The maximum Gasteiger partial charge on any atom is 0.391 e. The molecule has 23 heavy (non-hydrogen) atoms. The number of halogens is 3. The van der Waals surface area contributed by atoms with Gasteiger partial charge in [-0.05, 0) is 50.3 Å². The standard InChI is InChI=1S/C17H22F3NO2/c1-11-5-3-8-15(12(11)2)23-10-16(22)21-14-7-4-6-13(9-14)17(18,19)20/h3,5,8,13-14H,4,6-7,9-10H2,1-2H3,(H,21,22)/t13-,14-/m0/s1. The highest BCUT2D eigenvalue weighted by atomic mass is 19.4. The molecule has 0 heterocycles. The summed E-state index contributed by atoms with van der Waals surface area (Å²) in [6.07, 6.45) is -3.01. The normalized spacial score (nSPS) is 21.8. The Kier molecular flexibility index (Phi) is 5.55. The van der Waals surface area contributed by atoms with Crippen molar-refractivity contribution in [1.82, 2.24) is 5.32 Å². The van der Waals surface area contributed by atoms with E-state index in [9.17, 15) is 18.0 Å². The summed E-state index contributed by atoms with van der Waals surface area (Å²) in [7, 11) is 0. The Morgan fingerprint density at radius 3 is 2.74 bits per heavy atom. The van der Waals surface area contributed by atoms with E-state index < -0.39 is 18.1 Å². The molecule has 1 saturated carbocycles. The highest BCUT2D eigenvalue weighted by Crippen LogP contribution is 2.37. The zero-order valence-electron chi connectivity index (χ0n) is 13.4. The van der Waals surface area contributed by atoms with Crippen molar-refractivity contribution in [2.45, 2.75) is 51.7 Å². The van der Waals surface area contributed by atoms with E-state index in [1.165, 1.54) is 0 Å². The molecule has 1 aromatic carbocycles. The molecule has 1 N–H and O–H groups in total. The lowest BCUT2D eigenvalue weighted by molar-refractivity contribution is -0.184. The second-order valence-electron chi connectivity index (χ2n) is 6.16. The number of ether oxygens (including phenoxy) is 1. The van der Waals surface area contributed by atoms with E-state index in [-0.39, 0.29) is 25.4 Å². The van der Waals surface area contributed by atoms with E-state index in [2.05, 4.69) is 5.32 Å². The third kappa shape index (κ3) is 4.88. The summed E-state index contributed by atoms with van der Waals surface area (Å²) in [6, 6.07) is 5.13. The Bertz CT molecular complexity index is 557. The van der Waals surface area contributed by atoms with E-state index in [0.29, 0.717) is 18.6 Å². The van der Waals surface area contributed by atoms with Gasteiger partial charge in [-0.25, -0.2) is 0 Å². The molecule has 1 aliphatic rings. The van der Waals surface area contributed by atoms with Crippen molar-refractivity contribution in [3.05, 3.63) is 29.3 Å². The molecule has 0 aliphatic heterocycles. The summed E-state index contributed by atoms with van der Waals surface area (Å²) >= 11 is 0. The van der Waals surface area contributed by atoms with Gasteiger partial charge in [0.2, 0.25) is 0 Å². The van der Waals surface area contributed by atoms with Crippen LogP contribution in [0.2, 0.25) is 0 Å². The predicted octanol–water partition coefficient (Wildman–Crippen LogP) is 3.92. The number of hydrogen-bond acceptors (Lipinski definition) is 2. The summed E-state index contributed by atoms with van der Waals surface area (Å²) < 4.78 is 43.8. The molecular weight excluding hydrogens is 307 g/mol. The maximum absolute atomic E-state index is 12.8. The summed E-state index contributed by atoms with van der Waals surface area (Å²) in [5, 5.41) is 2.66. The molecule has 1 amide bonds. The van der Waals surface area contributed by atoms with E-state index in [4.69, 9.17) is 4.74 Å². The maximum atomic E-state index is 12.8. The molecule has 6 heteroatoms. The lowest BCUT2D eigenvalue weighted by Crippen LogP contribution is -2.43. The first-order valence-corrected chi connectivity index (χ1v) is 7.82. The number of hydrogen-bond donors (Lipinski definition) is 1. The molecule has 0 saturated heterocycles. The number of carbonyl (C=O) groups excluding carboxylic acids is 1. The van der Waals surface area contributed by atoms with Gasteiger partial charge in [-0.1, -0.05) is 18.6 Å². The lowest BCUT2D eigenvalue weighted by Gasteiger charge is -2.31. The van der Waals surface area contributed by atoms with Crippen LogP contribution in [0.1, 0.15) is 36.8 Å². The van der Waals surface area contributed by atoms with Crippen LogP contribution in [-0.4, -0.2) is 24.7 Å². The van der Waals surface area contributed by atoms with Crippen LogP contribution in [0, 0.1) is 19.8 Å². The first kappa shape index (κ1) is 17.6. The fraction of sp³-hybridized carbons (Fsp3) is 0.588. The van der Waals surface area contributed by atoms with Gasteiger partial charge in [-0.2, -0.15) is 13.2 Å². The number of nitrogens with one attached hydrogen (secondary N) is 1. The number of rotatable bonds is 4. The Morgan fingerprint density at radius 1 is 1.30 bits per heavy atom. The van der Waals surface area contributed by atoms with Crippen molar-refractivity contribution in [3.63, 3.8) is 0 Å². The van der Waals surface area contributed by atoms with Gasteiger partial charge in [0.15, 0.2) is 6.61 Å². The smallest absolute Gasteiger partial charge is 0.391 e. The molecule has 2 rings (SSSR count). The van der Waals surface area contributed by atoms with Gasteiger partial charge in [-0.15, -0.1) is 0 Å². The molecule has 0 radical (unpaired) electrons. The van der Waals surface area contributed by atoms with E-state index in [0.717, 1.165) is 11.1 Å². The molecule has 2 atom stereocenters. The monoisotopic (exact) mass is 329 g/mol. The summed E-state index contributed by atoms with van der Waals surface area (Å²) in [5.74, 6) is -1.07. The zero-order chi connectivity index (χ0) is 17.0. The average Bonchev–Trinajstić information content (AvgIpc) is 2.48. The second kappa shape index (κ2) is 7.23. The quantitative estimate of drug-likeness (QED) is 0.909. The van der Waals surface area contributed by atoms with Gasteiger partial charge in [0.25, 0.3) is 5.91 Å². The minimum absolute atomic E-state index is 0.0429. The number of alkyl halides is 3. The molecule has 1 aromatic rings. The summed E-state index contributed by atoms with van der Waals surface area (Å²) in [4.78, 5) is 11.9. The fourth-order valence-electron chi connectivity index (χ4n) is 2.91. The third-order valence-corrected chi connectivity index (χ3v) is 4.42. The Hall–Kier alpha value is -1.72. The van der Waals surface area contributed by atoms with Crippen LogP contribution in [0.15, 0.2) is 18.2 Å². The number of benzene rings is 1. The Labute approximate surface area is 134 Å². The van der Waals surface area contributed by atoms with Crippen molar-refractivity contribution in [2.24, 2.45) is 5.92 Å². The van der Waals surface area contributed by atoms with Gasteiger partial charge in [-0.3, -0.25) is 4.79 Å². The van der Waals surface area contributed by atoms with Crippen LogP contribution in [0.5, 0.6) is 5.75 Å². The van der Waals surface area contributed by atoms with Crippen LogP contribution in [0.25, 0.3) is 0 Å². The first-order chi connectivity index (χ1) is 10.8. The molecular formula is C17H22F3NO2. The van der Waals surface area contributed by atoms with Crippen LogP contribution in [-0.2, 0) is 4.79 Å². The number of amides is 1. The van der Waals surface area contributed by atoms with Crippen molar-refractivity contribution in [2.75, 3.05) is 6.61 Å².